The Morgan fingerprint density at radius 1 is 1.15 bits per heavy atom. The number of benzene rings is 1. The molecule has 1 aromatic carbocycles. The highest BCUT2D eigenvalue weighted by Crippen LogP contribution is 2.31. The highest BCUT2D eigenvalue weighted by atomic mass is 19.4. The maximum atomic E-state index is 12.5. The maximum absolute atomic E-state index is 12.5. The number of hydrogen-bond acceptors (Lipinski definition) is 2. The van der Waals surface area contributed by atoms with Gasteiger partial charge in [-0.1, -0.05) is 23.8 Å². The first-order chi connectivity index (χ1) is 9.50. The Morgan fingerprint density at radius 3 is 2.35 bits per heavy atom. The fourth-order valence-electron chi connectivity index (χ4n) is 2.53. The summed E-state index contributed by atoms with van der Waals surface area (Å²) >= 11 is 0. The van der Waals surface area contributed by atoms with Crippen LogP contribution in [-0.4, -0.2) is 0 Å². The standard InChI is InChI=1S/C15H19F3N2/c16-15(17,18)13-8-6-12(7-9-13)14(20-19)10-11-4-2-1-3-5-11/h4,6-9,14,20H,1-3,5,10,19H2. The number of nitrogens with two attached hydrogens (primary N) is 1. The van der Waals surface area contributed by atoms with Crippen molar-refractivity contribution < 1.29 is 13.2 Å². The second-order valence-electron chi connectivity index (χ2n) is 5.15. The quantitative estimate of drug-likeness (QED) is 0.496. The molecule has 1 aromatic rings. The van der Waals surface area contributed by atoms with Gasteiger partial charge in [-0.25, -0.2) is 0 Å². The Morgan fingerprint density at radius 2 is 1.85 bits per heavy atom. The van der Waals surface area contributed by atoms with E-state index in [1.54, 1.807) is 0 Å². The number of allylic oxidation sites excluding steroid dienone is 1. The lowest BCUT2D eigenvalue weighted by Crippen LogP contribution is -2.28. The van der Waals surface area contributed by atoms with E-state index in [-0.39, 0.29) is 6.04 Å². The van der Waals surface area contributed by atoms with Crippen LogP contribution in [0.3, 0.4) is 0 Å². The Labute approximate surface area is 116 Å². The summed E-state index contributed by atoms with van der Waals surface area (Å²) in [6, 6.07) is 5.07. The summed E-state index contributed by atoms with van der Waals surface area (Å²) in [7, 11) is 0. The lowest BCUT2D eigenvalue weighted by atomic mass is 9.91. The molecule has 0 saturated carbocycles. The second-order valence-corrected chi connectivity index (χ2v) is 5.15. The van der Waals surface area contributed by atoms with Gasteiger partial charge < -0.3 is 0 Å². The van der Waals surface area contributed by atoms with Gasteiger partial charge in [0.05, 0.1) is 5.56 Å². The van der Waals surface area contributed by atoms with Crippen LogP contribution >= 0.6 is 0 Å². The molecule has 0 aromatic heterocycles. The summed E-state index contributed by atoms with van der Waals surface area (Å²) in [5.41, 5.74) is 4.19. The van der Waals surface area contributed by atoms with E-state index < -0.39 is 11.7 Å². The van der Waals surface area contributed by atoms with Crippen molar-refractivity contribution in [2.45, 2.75) is 44.3 Å². The van der Waals surface area contributed by atoms with E-state index in [1.807, 2.05) is 0 Å². The SMILES string of the molecule is NNC(CC1=CCCCC1)c1ccc(C(F)(F)F)cc1. The van der Waals surface area contributed by atoms with Crippen LogP contribution in [0.5, 0.6) is 0 Å². The molecule has 0 radical (unpaired) electrons. The monoisotopic (exact) mass is 284 g/mol. The Bertz CT molecular complexity index is 463. The number of hydrazine groups is 1. The van der Waals surface area contributed by atoms with E-state index in [1.165, 1.54) is 30.5 Å². The molecular formula is C15H19F3N2. The second kappa shape index (κ2) is 6.41. The van der Waals surface area contributed by atoms with Gasteiger partial charge in [0, 0.05) is 6.04 Å². The topological polar surface area (TPSA) is 38.0 Å². The van der Waals surface area contributed by atoms with Crippen LogP contribution in [0.4, 0.5) is 13.2 Å². The minimum atomic E-state index is -4.30. The molecule has 5 heteroatoms. The summed E-state index contributed by atoms with van der Waals surface area (Å²) in [6.45, 7) is 0. The molecule has 1 aliphatic rings. The van der Waals surface area contributed by atoms with Gasteiger partial charge in [-0.15, -0.1) is 0 Å². The van der Waals surface area contributed by atoms with Crippen LogP contribution in [0.2, 0.25) is 0 Å². The summed E-state index contributed by atoms with van der Waals surface area (Å²) in [4.78, 5) is 0. The van der Waals surface area contributed by atoms with Crippen molar-refractivity contribution in [3.8, 4) is 0 Å². The predicted octanol–water partition coefficient (Wildman–Crippen LogP) is 4.10. The van der Waals surface area contributed by atoms with Crippen molar-refractivity contribution in [2.75, 3.05) is 0 Å². The third-order valence-corrected chi connectivity index (χ3v) is 3.69. The molecule has 1 atom stereocenters. The smallest absolute Gasteiger partial charge is 0.271 e. The first kappa shape index (κ1) is 15.1. The molecule has 0 amide bonds. The van der Waals surface area contributed by atoms with Crippen molar-refractivity contribution in [3.63, 3.8) is 0 Å². The number of hydrogen-bond donors (Lipinski definition) is 2. The fraction of sp³-hybridized carbons (Fsp3) is 0.467. The largest absolute Gasteiger partial charge is 0.416 e. The van der Waals surface area contributed by atoms with E-state index in [2.05, 4.69) is 11.5 Å². The van der Waals surface area contributed by atoms with E-state index in [0.717, 1.165) is 37.0 Å². The maximum Gasteiger partial charge on any atom is 0.416 e. The lowest BCUT2D eigenvalue weighted by molar-refractivity contribution is -0.137. The summed E-state index contributed by atoms with van der Waals surface area (Å²) in [5, 5.41) is 0. The van der Waals surface area contributed by atoms with Gasteiger partial charge in [-0.3, -0.25) is 11.3 Å². The molecule has 3 N–H and O–H groups in total. The Kier molecular flexibility index (Phi) is 4.83. The van der Waals surface area contributed by atoms with Gasteiger partial charge >= 0.3 is 6.18 Å². The van der Waals surface area contributed by atoms with Crippen LogP contribution in [0.1, 0.15) is 49.3 Å². The van der Waals surface area contributed by atoms with Gasteiger partial charge in [0.2, 0.25) is 0 Å². The van der Waals surface area contributed by atoms with Crippen molar-refractivity contribution >= 4 is 0 Å². The van der Waals surface area contributed by atoms with Crippen LogP contribution in [-0.2, 0) is 6.18 Å². The number of nitrogens with one attached hydrogen (secondary N) is 1. The van der Waals surface area contributed by atoms with Crippen LogP contribution in [0, 0.1) is 0 Å². The third kappa shape index (κ3) is 3.84. The van der Waals surface area contributed by atoms with Gasteiger partial charge in [0.25, 0.3) is 0 Å². The van der Waals surface area contributed by atoms with Gasteiger partial charge in [-0.05, 0) is 49.8 Å². The molecule has 1 unspecified atom stereocenters. The minimum absolute atomic E-state index is 0.137. The first-order valence-electron chi connectivity index (χ1n) is 6.82. The molecule has 0 saturated heterocycles. The number of rotatable bonds is 4. The molecule has 110 valence electrons. The van der Waals surface area contributed by atoms with E-state index in [4.69, 9.17) is 5.84 Å². The van der Waals surface area contributed by atoms with Crippen molar-refractivity contribution in [1.82, 2.24) is 5.43 Å². The molecule has 0 bridgehead atoms. The molecule has 2 nitrogen and oxygen atoms in total. The molecule has 0 aliphatic heterocycles. The lowest BCUT2D eigenvalue weighted by Gasteiger charge is -2.21. The number of alkyl halides is 3. The molecule has 0 fully saturated rings. The fourth-order valence-corrected chi connectivity index (χ4v) is 2.53. The Balaban J connectivity index is 2.09. The predicted molar refractivity (Wildman–Crippen MR) is 72.7 cm³/mol. The van der Waals surface area contributed by atoms with E-state index in [9.17, 15) is 13.2 Å². The van der Waals surface area contributed by atoms with E-state index >= 15 is 0 Å². The van der Waals surface area contributed by atoms with Crippen molar-refractivity contribution in [2.24, 2.45) is 5.84 Å². The third-order valence-electron chi connectivity index (χ3n) is 3.69. The molecule has 20 heavy (non-hydrogen) atoms. The van der Waals surface area contributed by atoms with Gasteiger partial charge in [0.1, 0.15) is 0 Å². The van der Waals surface area contributed by atoms with Crippen molar-refractivity contribution in [3.05, 3.63) is 47.0 Å². The van der Waals surface area contributed by atoms with Gasteiger partial charge in [-0.2, -0.15) is 13.2 Å². The summed E-state index contributed by atoms with van der Waals surface area (Å²) < 4.78 is 37.6. The van der Waals surface area contributed by atoms with E-state index in [0.29, 0.717) is 0 Å². The van der Waals surface area contributed by atoms with Gasteiger partial charge in [0.15, 0.2) is 0 Å². The zero-order valence-electron chi connectivity index (χ0n) is 11.2. The zero-order chi connectivity index (χ0) is 14.6. The minimum Gasteiger partial charge on any atom is -0.271 e. The molecule has 0 heterocycles. The Hall–Kier alpha value is -1.33. The molecule has 2 rings (SSSR count). The molecule has 0 spiro atoms. The summed E-state index contributed by atoms with van der Waals surface area (Å²) in [5.74, 6) is 5.55. The number of halogens is 3. The average Bonchev–Trinajstić information content (AvgIpc) is 2.45. The van der Waals surface area contributed by atoms with Crippen LogP contribution in [0.25, 0.3) is 0 Å². The molecular weight excluding hydrogens is 265 g/mol. The van der Waals surface area contributed by atoms with Crippen LogP contribution in [0.15, 0.2) is 35.9 Å². The normalized spacial score (nSPS) is 17.7. The highest BCUT2D eigenvalue weighted by molar-refractivity contribution is 5.28. The average molecular weight is 284 g/mol. The summed E-state index contributed by atoms with van der Waals surface area (Å²) in [6.07, 6.45) is 3.20. The van der Waals surface area contributed by atoms with Crippen LogP contribution < -0.4 is 11.3 Å². The zero-order valence-corrected chi connectivity index (χ0v) is 11.2. The first-order valence-corrected chi connectivity index (χ1v) is 6.82. The highest BCUT2D eigenvalue weighted by Gasteiger charge is 2.30. The molecule has 1 aliphatic carbocycles. The van der Waals surface area contributed by atoms with Crippen molar-refractivity contribution in [1.29, 1.82) is 0 Å².